The molecular weight excluding hydrogens is 357 g/mol. The first-order valence-electron chi connectivity index (χ1n) is 8.90. The minimum absolute atomic E-state index is 0.340. The van der Waals surface area contributed by atoms with Crippen molar-refractivity contribution >= 4 is 11.9 Å². The summed E-state index contributed by atoms with van der Waals surface area (Å²) in [6.45, 7) is 0. The fraction of sp³-hybridized carbons (Fsp3) is 0.130. The largest absolute Gasteiger partial charge is 0.550 e. The molecule has 0 bridgehead atoms. The summed E-state index contributed by atoms with van der Waals surface area (Å²) in [6.07, 6.45) is -0.409. The van der Waals surface area contributed by atoms with Crippen LogP contribution in [0.2, 0.25) is 0 Å². The minimum Gasteiger partial charge on any atom is -0.550 e. The highest BCUT2D eigenvalue weighted by molar-refractivity contribution is 5.87. The second kappa shape index (κ2) is 8.95. The van der Waals surface area contributed by atoms with Crippen molar-refractivity contribution in [2.45, 2.75) is 18.4 Å². The maximum atomic E-state index is 13.2. The monoisotopic (exact) mass is 376 g/mol. The zero-order valence-electron chi connectivity index (χ0n) is 15.0. The van der Waals surface area contributed by atoms with Crippen LogP contribution < -0.4 is 10.4 Å². The van der Waals surface area contributed by atoms with E-state index in [0.717, 1.165) is 11.1 Å². The number of amides is 1. The van der Waals surface area contributed by atoms with E-state index < -0.39 is 30.2 Å². The number of carbonyl (C=O) groups excluding carboxylic acids is 2. The van der Waals surface area contributed by atoms with Crippen LogP contribution in [0.3, 0.4) is 0 Å². The summed E-state index contributed by atoms with van der Waals surface area (Å²) in [4.78, 5) is 24.4. The molecule has 1 amide bonds. The molecule has 5 heteroatoms. The normalized spacial score (nSPS) is 11.8. The van der Waals surface area contributed by atoms with Gasteiger partial charge in [0.2, 0.25) is 5.91 Å². The van der Waals surface area contributed by atoms with Crippen LogP contribution in [0.4, 0.5) is 4.39 Å². The Morgan fingerprint density at radius 1 is 0.786 bits per heavy atom. The Hall–Kier alpha value is -3.47. The molecule has 3 rings (SSSR count). The summed E-state index contributed by atoms with van der Waals surface area (Å²) in [5, 5.41) is 14.0. The maximum Gasteiger partial charge on any atom is 0.232 e. The van der Waals surface area contributed by atoms with Crippen molar-refractivity contribution in [3.8, 4) is 0 Å². The summed E-state index contributed by atoms with van der Waals surface area (Å²) in [6, 6.07) is 23.1. The standard InChI is InChI=1S/C23H20FNO3/c24-19-13-11-16(12-14-19)20(15-21(26)27)25-23(28)22(17-7-3-1-4-8-17)18-9-5-2-6-10-18/h1-14,20,22H,15H2,(H,25,28)(H,26,27)/p-1/t20-/m0/s1. The maximum absolute atomic E-state index is 13.2. The molecule has 0 saturated heterocycles. The van der Waals surface area contributed by atoms with E-state index >= 15 is 0 Å². The third-order valence-corrected chi connectivity index (χ3v) is 4.49. The average molecular weight is 376 g/mol. The van der Waals surface area contributed by atoms with E-state index in [4.69, 9.17) is 0 Å². The molecule has 0 radical (unpaired) electrons. The van der Waals surface area contributed by atoms with Gasteiger partial charge >= 0.3 is 0 Å². The van der Waals surface area contributed by atoms with Crippen LogP contribution in [-0.4, -0.2) is 11.9 Å². The Bertz CT molecular complexity index is 888. The van der Waals surface area contributed by atoms with Crippen LogP contribution >= 0.6 is 0 Å². The van der Waals surface area contributed by atoms with Crippen molar-refractivity contribution in [2.75, 3.05) is 0 Å². The van der Waals surface area contributed by atoms with Gasteiger partial charge in [-0.1, -0.05) is 72.8 Å². The molecule has 0 aliphatic rings. The number of carboxylic acids is 1. The number of carbonyl (C=O) groups is 2. The molecule has 0 unspecified atom stereocenters. The number of hydrogen-bond donors (Lipinski definition) is 1. The topological polar surface area (TPSA) is 69.2 Å². The number of carboxylic acid groups (broad SMARTS) is 1. The van der Waals surface area contributed by atoms with E-state index in [1.807, 2.05) is 60.7 Å². The Balaban J connectivity index is 1.92. The fourth-order valence-corrected chi connectivity index (χ4v) is 3.16. The number of nitrogens with one attached hydrogen (secondary N) is 1. The molecule has 142 valence electrons. The van der Waals surface area contributed by atoms with E-state index in [9.17, 15) is 19.1 Å². The molecule has 0 heterocycles. The Kier molecular flexibility index (Phi) is 6.17. The summed E-state index contributed by atoms with van der Waals surface area (Å²) < 4.78 is 13.2. The number of benzene rings is 3. The van der Waals surface area contributed by atoms with Gasteiger partial charge in [-0.05, 0) is 28.8 Å². The molecule has 1 atom stereocenters. The van der Waals surface area contributed by atoms with Crippen LogP contribution in [0.1, 0.15) is 35.1 Å². The van der Waals surface area contributed by atoms with E-state index in [1.54, 1.807) is 0 Å². The predicted molar refractivity (Wildman–Crippen MR) is 102 cm³/mol. The van der Waals surface area contributed by atoms with Gasteiger partial charge in [0.15, 0.2) is 0 Å². The lowest BCUT2D eigenvalue weighted by molar-refractivity contribution is -0.306. The van der Waals surface area contributed by atoms with Gasteiger partial charge in [-0.15, -0.1) is 0 Å². The van der Waals surface area contributed by atoms with Gasteiger partial charge in [-0.2, -0.15) is 0 Å². The lowest BCUT2D eigenvalue weighted by Crippen LogP contribution is -2.37. The summed E-state index contributed by atoms with van der Waals surface area (Å²) in [7, 11) is 0. The van der Waals surface area contributed by atoms with E-state index in [0.29, 0.717) is 5.56 Å². The van der Waals surface area contributed by atoms with Crippen LogP contribution in [-0.2, 0) is 9.59 Å². The zero-order valence-corrected chi connectivity index (χ0v) is 15.0. The number of hydrogen-bond acceptors (Lipinski definition) is 3. The number of rotatable bonds is 7. The molecule has 28 heavy (non-hydrogen) atoms. The van der Waals surface area contributed by atoms with Crippen molar-refractivity contribution in [3.05, 3.63) is 107 Å². The highest BCUT2D eigenvalue weighted by Crippen LogP contribution is 2.27. The fourth-order valence-electron chi connectivity index (χ4n) is 3.16. The molecule has 0 aromatic heterocycles. The van der Waals surface area contributed by atoms with Crippen LogP contribution in [0.25, 0.3) is 0 Å². The molecule has 3 aromatic carbocycles. The molecule has 1 N–H and O–H groups in total. The number of aliphatic carboxylic acids is 1. The van der Waals surface area contributed by atoms with E-state index in [2.05, 4.69) is 5.32 Å². The quantitative estimate of drug-likeness (QED) is 0.689. The van der Waals surface area contributed by atoms with Gasteiger partial charge in [0.25, 0.3) is 0 Å². The summed E-state index contributed by atoms with van der Waals surface area (Å²) >= 11 is 0. The Morgan fingerprint density at radius 3 is 1.75 bits per heavy atom. The molecular formula is C23H19FNO3-. The molecule has 0 spiro atoms. The van der Waals surface area contributed by atoms with Gasteiger partial charge < -0.3 is 15.2 Å². The predicted octanol–water partition coefficient (Wildman–Crippen LogP) is 2.96. The third-order valence-electron chi connectivity index (χ3n) is 4.49. The van der Waals surface area contributed by atoms with Crippen LogP contribution in [0, 0.1) is 5.82 Å². The Labute approximate surface area is 162 Å². The van der Waals surface area contributed by atoms with Gasteiger partial charge in [0.05, 0.1) is 12.0 Å². The molecule has 4 nitrogen and oxygen atoms in total. The van der Waals surface area contributed by atoms with E-state index in [1.165, 1.54) is 24.3 Å². The highest BCUT2D eigenvalue weighted by atomic mass is 19.1. The third kappa shape index (κ3) is 4.82. The van der Waals surface area contributed by atoms with Crippen LogP contribution in [0.15, 0.2) is 84.9 Å². The second-order valence-electron chi connectivity index (χ2n) is 6.44. The minimum atomic E-state index is -1.30. The SMILES string of the molecule is O=C([O-])C[C@H](NC(=O)C(c1ccccc1)c1ccccc1)c1ccc(F)cc1. The van der Waals surface area contributed by atoms with Crippen molar-refractivity contribution < 1.29 is 19.1 Å². The Morgan fingerprint density at radius 2 is 1.29 bits per heavy atom. The lowest BCUT2D eigenvalue weighted by atomic mass is 9.90. The average Bonchev–Trinajstić information content (AvgIpc) is 2.69. The van der Waals surface area contributed by atoms with Gasteiger partial charge in [0, 0.05) is 12.4 Å². The van der Waals surface area contributed by atoms with Gasteiger partial charge in [0.1, 0.15) is 5.82 Å². The number of halogens is 1. The summed E-state index contributed by atoms with van der Waals surface area (Å²) in [5.74, 6) is -2.68. The first-order chi connectivity index (χ1) is 13.5. The molecule has 0 saturated carbocycles. The van der Waals surface area contributed by atoms with E-state index in [-0.39, 0.29) is 5.91 Å². The first-order valence-corrected chi connectivity index (χ1v) is 8.90. The van der Waals surface area contributed by atoms with Crippen molar-refractivity contribution in [1.82, 2.24) is 5.32 Å². The van der Waals surface area contributed by atoms with Gasteiger partial charge in [-0.25, -0.2) is 4.39 Å². The highest BCUT2D eigenvalue weighted by Gasteiger charge is 2.25. The van der Waals surface area contributed by atoms with Crippen LogP contribution in [0.5, 0.6) is 0 Å². The molecule has 3 aromatic rings. The molecule has 0 fully saturated rings. The van der Waals surface area contributed by atoms with Gasteiger partial charge in [-0.3, -0.25) is 4.79 Å². The molecule has 0 aliphatic carbocycles. The second-order valence-corrected chi connectivity index (χ2v) is 6.44. The lowest BCUT2D eigenvalue weighted by Gasteiger charge is -2.24. The van der Waals surface area contributed by atoms with Crippen molar-refractivity contribution in [1.29, 1.82) is 0 Å². The van der Waals surface area contributed by atoms with Crippen molar-refractivity contribution in [3.63, 3.8) is 0 Å². The van der Waals surface area contributed by atoms with Crippen molar-refractivity contribution in [2.24, 2.45) is 0 Å². The smallest absolute Gasteiger partial charge is 0.232 e. The zero-order chi connectivity index (χ0) is 19.9. The first kappa shape index (κ1) is 19.3. The summed E-state index contributed by atoms with van der Waals surface area (Å²) in [5.41, 5.74) is 2.08. The molecule has 0 aliphatic heterocycles.